The number of rotatable bonds is 4. The van der Waals surface area contributed by atoms with Crippen molar-refractivity contribution in [2.75, 3.05) is 0 Å². The minimum Gasteiger partial charge on any atom is -0.377 e. The second-order valence-electron chi connectivity index (χ2n) is 5.34. The van der Waals surface area contributed by atoms with E-state index in [0.717, 1.165) is 0 Å². The fourth-order valence-electron chi connectivity index (χ4n) is 2.20. The summed E-state index contributed by atoms with van der Waals surface area (Å²) in [5, 5.41) is 4.54. The van der Waals surface area contributed by atoms with E-state index < -0.39 is 21.9 Å². The van der Waals surface area contributed by atoms with E-state index >= 15 is 0 Å². The van der Waals surface area contributed by atoms with Gasteiger partial charge in [-0.1, -0.05) is 35.9 Å². The number of hydrogen-bond donors (Lipinski definition) is 2. The summed E-state index contributed by atoms with van der Waals surface area (Å²) in [5.41, 5.74) is 0.239. The third kappa shape index (κ3) is 4.33. The van der Waals surface area contributed by atoms with Crippen LogP contribution in [0.15, 0.2) is 59.0 Å². The number of thiocarbonyl (C=S) groups is 1. The standard InChI is InChI=1S/C17H11ClN2O5S2/c18-13-9-10(8-12-15(21)19-17(26)20-16(12)22)6-7-14(13)25-27(23,24)11-4-2-1-3-5-11/h1-9H,(H2,19,20,21,22,26). The van der Waals surface area contributed by atoms with Gasteiger partial charge in [-0.15, -0.1) is 0 Å². The summed E-state index contributed by atoms with van der Waals surface area (Å²) in [6.07, 6.45) is 1.30. The Kier molecular flexibility index (Phi) is 5.26. The van der Waals surface area contributed by atoms with Crippen LogP contribution in [0.4, 0.5) is 0 Å². The van der Waals surface area contributed by atoms with Crippen molar-refractivity contribution in [2.24, 2.45) is 0 Å². The molecule has 0 bridgehead atoms. The molecule has 3 rings (SSSR count). The molecule has 2 N–H and O–H groups in total. The lowest BCUT2D eigenvalue weighted by molar-refractivity contribution is -0.123. The zero-order valence-corrected chi connectivity index (χ0v) is 15.8. The van der Waals surface area contributed by atoms with Crippen LogP contribution in [0.25, 0.3) is 6.08 Å². The monoisotopic (exact) mass is 422 g/mol. The first kappa shape index (κ1) is 19.0. The molecule has 0 unspecified atom stereocenters. The van der Waals surface area contributed by atoms with Crippen LogP contribution >= 0.6 is 23.8 Å². The van der Waals surface area contributed by atoms with Crippen molar-refractivity contribution in [1.29, 1.82) is 0 Å². The van der Waals surface area contributed by atoms with Crippen LogP contribution in [0, 0.1) is 0 Å². The van der Waals surface area contributed by atoms with E-state index in [2.05, 4.69) is 10.6 Å². The molecule has 1 heterocycles. The first-order valence-corrected chi connectivity index (χ1v) is 9.63. The molecule has 1 fully saturated rings. The fourth-order valence-corrected chi connectivity index (χ4v) is 3.63. The van der Waals surface area contributed by atoms with Crippen molar-refractivity contribution in [2.45, 2.75) is 4.90 Å². The zero-order chi connectivity index (χ0) is 19.6. The van der Waals surface area contributed by atoms with Gasteiger partial charge in [-0.2, -0.15) is 8.42 Å². The van der Waals surface area contributed by atoms with Crippen LogP contribution in [0.5, 0.6) is 5.75 Å². The van der Waals surface area contributed by atoms with Crippen LogP contribution < -0.4 is 14.8 Å². The van der Waals surface area contributed by atoms with Gasteiger partial charge in [-0.3, -0.25) is 20.2 Å². The molecule has 0 saturated carbocycles. The molecule has 1 aliphatic heterocycles. The predicted octanol–water partition coefficient (Wildman–Crippen LogP) is 2.02. The molecule has 0 aromatic heterocycles. The minimum absolute atomic E-state index is 0.00370. The normalized spacial score (nSPS) is 14.4. The molecular weight excluding hydrogens is 412 g/mol. The van der Waals surface area contributed by atoms with E-state index in [9.17, 15) is 18.0 Å². The summed E-state index contributed by atoms with van der Waals surface area (Å²) in [7, 11) is -4.04. The van der Waals surface area contributed by atoms with Gasteiger partial charge in [-0.25, -0.2) is 0 Å². The average Bonchev–Trinajstić information content (AvgIpc) is 2.61. The Morgan fingerprint density at radius 2 is 1.63 bits per heavy atom. The van der Waals surface area contributed by atoms with Crippen LogP contribution in [0.2, 0.25) is 5.02 Å². The Labute approximate surface area is 165 Å². The molecule has 0 atom stereocenters. The number of nitrogens with one attached hydrogen (secondary N) is 2. The van der Waals surface area contributed by atoms with Gasteiger partial charge in [0.2, 0.25) is 0 Å². The Morgan fingerprint density at radius 3 is 2.22 bits per heavy atom. The smallest absolute Gasteiger partial charge is 0.339 e. The van der Waals surface area contributed by atoms with E-state index in [1.54, 1.807) is 18.2 Å². The molecule has 7 nitrogen and oxygen atoms in total. The molecule has 10 heteroatoms. The highest BCUT2D eigenvalue weighted by molar-refractivity contribution is 7.87. The van der Waals surface area contributed by atoms with E-state index in [1.165, 1.54) is 36.4 Å². The Hall–Kier alpha value is -2.75. The Bertz CT molecular complexity index is 1060. The van der Waals surface area contributed by atoms with Gasteiger partial charge in [0.1, 0.15) is 10.5 Å². The SMILES string of the molecule is O=C1NC(=S)NC(=O)C1=Cc1ccc(OS(=O)(=O)c2ccccc2)c(Cl)c1. The molecule has 2 aromatic rings. The van der Waals surface area contributed by atoms with Gasteiger partial charge in [0.15, 0.2) is 10.9 Å². The Morgan fingerprint density at radius 1 is 1.00 bits per heavy atom. The summed E-state index contributed by atoms with van der Waals surface area (Å²) in [6.45, 7) is 0. The molecule has 1 aliphatic rings. The van der Waals surface area contributed by atoms with Crippen molar-refractivity contribution in [1.82, 2.24) is 10.6 Å². The average molecular weight is 423 g/mol. The van der Waals surface area contributed by atoms with Gasteiger partial charge in [0.25, 0.3) is 11.8 Å². The number of amides is 2. The van der Waals surface area contributed by atoms with Crippen molar-refractivity contribution in [3.8, 4) is 5.75 Å². The minimum atomic E-state index is -4.04. The van der Waals surface area contributed by atoms with E-state index in [-0.39, 0.29) is 26.4 Å². The summed E-state index contributed by atoms with van der Waals surface area (Å²) in [4.78, 5) is 23.7. The predicted molar refractivity (Wildman–Crippen MR) is 103 cm³/mol. The number of halogens is 1. The molecule has 0 aliphatic carbocycles. The number of benzene rings is 2. The van der Waals surface area contributed by atoms with Gasteiger partial charge >= 0.3 is 10.1 Å². The van der Waals surface area contributed by atoms with Gasteiger partial charge in [-0.05, 0) is 48.1 Å². The molecule has 27 heavy (non-hydrogen) atoms. The van der Waals surface area contributed by atoms with E-state index in [1.807, 2.05) is 0 Å². The molecule has 0 spiro atoms. The maximum absolute atomic E-state index is 12.3. The third-order valence-electron chi connectivity index (χ3n) is 3.44. The summed E-state index contributed by atoms with van der Waals surface area (Å²) in [5.74, 6) is -1.37. The zero-order valence-electron chi connectivity index (χ0n) is 13.4. The maximum Gasteiger partial charge on any atom is 0.339 e. The highest BCUT2D eigenvalue weighted by Gasteiger charge is 2.25. The van der Waals surface area contributed by atoms with E-state index in [0.29, 0.717) is 5.56 Å². The number of hydrogen-bond acceptors (Lipinski definition) is 6. The van der Waals surface area contributed by atoms with E-state index in [4.69, 9.17) is 28.0 Å². The maximum atomic E-state index is 12.3. The van der Waals surface area contributed by atoms with Crippen molar-refractivity contribution in [3.63, 3.8) is 0 Å². The summed E-state index contributed by atoms with van der Waals surface area (Å²) in [6, 6.07) is 11.8. The second kappa shape index (κ2) is 7.47. The molecular formula is C17H11ClN2O5S2. The van der Waals surface area contributed by atoms with Gasteiger partial charge in [0.05, 0.1) is 5.02 Å². The molecule has 2 aromatic carbocycles. The van der Waals surface area contributed by atoms with Crippen LogP contribution in [-0.4, -0.2) is 25.3 Å². The van der Waals surface area contributed by atoms with Gasteiger partial charge < -0.3 is 4.18 Å². The summed E-state index contributed by atoms with van der Waals surface area (Å²) < 4.78 is 29.6. The molecule has 0 radical (unpaired) electrons. The Balaban J connectivity index is 1.86. The lowest BCUT2D eigenvalue weighted by Gasteiger charge is -2.16. The highest BCUT2D eigenvalue weighted by atomic mass is 35.5. The van der Waals surface area contributed by atoms with Crippen LogP contribution in [-0.2, 0) is 19.7 Å². The fraction of sp³-hybridized carbons (Fsp3) is 0. The quantitative estimate of drug-likeness (QED) is 0.338. The second-order valence-corrected chi connectivity index (χ2v) is 7.70. The van der Waals surface area contributed by atoms with Crippen molar-refractivity contribution >= 4 is 56.9 Å². The number of carbonyl (C=O) groups excluding carboxylic acids is 2. The third-order valence-corrected chi connectivity index (χ3v) is 5.19. The number of carbonyl (C=O) groups is 2. The van der Waals surface area contributed by atoms with Gasteiger partial charge in [0, 0.05) is 0 Å². The largest absolute Gasteiger partial charge is 0.377 e. The van der Waals surface area contributed by atoms with Crippen LogP contribution in [0.3, 0.4) is 0 Å². The highest BCUT2D eigenvalue weighted by Crippen LogP contribution is 2.29. The lowest BCUT2D eigenvalue weighted by atomic mass is 10.1. The molecule has 2 amide bonds. The first-order valence-electron chi connectivity index (χ1n) is 7.44. The van der Waals surface area contributed by atoms with Crippen molar-refractivity contribution < 1.29 is 22.2 Å². The lowest BCUT2D eigenvalue weighted by Crippen LogP contribution is -2.51. The molecule has 138 valence electrons. The topological polar surface area (TPSA) is 102 Å². The first-order chi connectivity index (χ1) is 12.8. The van der Waals surface area contributed by atoms with Crippen LogP contribution in [0.1, 0.15) is 5.56 Å². The summed E-state index contributed by atoms with van der Waals surface area (Å²) >= 11 is 10.8. The van der Waals surface area contributed by atoms with Crippen molar-refractivity contribution in [3.05, 3.63) is 64.7 Å². The molecule has 1 saturated heterocycles.